The Morgan fingerprint density at radius 2 is 2.00 bits per heavy atom. The Labute approximate surface area is 153 Å². The van der Waals surface area contributed by atoms with E-state index in [4.69, 9.17) is 4.74 Å². The second-order valence-electron chi connectivity index (χ2n) is 6.39. The smallest absolute Gasteiger partial charge is 0.236 e. The number of benzene rings is 2. The van der Waals surface area contributed by atoms with Gasteiger partial charge in [0.25, 0.3) is 0 Å². The minimum Gasteiger partial charge on any atom is -0.495 e. The van der Waals surface area contributed by atoms with Crippen LogP contribution in [-0.4, -0.2) is 28.0 Å². The third-order valence-corrected chi connectivity index (χ3v) is 5.52. The third-order valence-electron chi connectivity index (χ3n) is 4.26. The zero-order valence-corrected chi connectivity index (χ0v) is 15.7. The lowest BCUT2D eigenvalue weighted by Crippen LogP contribution is -2.24. The van der Waals surface area contributed by atoms with Crippen LogP contribution in [0.4, 0.5) is 11.4 Å². The summed E-state index contributed by atoms with van der Waals surface area (Å²) in [4.78, 5) is 13.7. The van der Waals surface area contributed by atoms with Crippen molar-refractivity contribution in [3.8, 4) is 5.75 Å². The fourth-order valence-corrected chi connectivity index (χ4v) is 4.28. The van der Waals surface area contributed by atoms with E-state index in [1.165, 1.54) is 7.11 Å². The summed E-state index contributed by atoms with van der Waals surface area (Å²) in [5, 5.41) is 0. The van der Waals surface area contributed by atoms with Gasteiger partial charge in [0.05, 0.1) is 24.2 Å². The van der Waals surface area contributed by atoms with Gasteiger partial charge in [-0.1, -0.05) is 29.8 Å². The lowest BCUT2D eigenvalue weighted by molar-refractivity contribution is -0.117. The summed E-state index contributed by atoms with van der Waals surface area (Å²) in [6.07, 6.45) is 1.28. The van der Waals surface area contributed by atoms with Crippen LogP contribution in [0.2, 0.25) is 0 Å². The number of aryl methyl sites for hydroxylation is 1. The molecular weight excluding hydrogens is 352 g/mol. The van der Waals surface area contributed by atoms with Gasteiger partial charge < -0.3 is 9.64 Å². The van der Waals surface area contributed by atoms with E-state index in [0.717, 1.165) is 17.5 Å². The lowest BCUT2D eigenvalue weighted by Gasteiger charge is -2.20. The molecule has 0 spiro atoms. The van der Waals surface area contributed by atoms with E-state index in [1.807, 2.05) is 25.1 Å². The number of hydrogen-bond donors (Lipinski definition) is 1. The maximum atomic E-state index is 12.5. The summed E-state index contributed by atoms with van der Waals surface area (Å²) < 4.78 is 32.9. The predicted molar refractivity (Wildman–Crippen MR) is 102 cm³/mol. The molecule has 1 aliphatic heterocycles. The number of methoxy groups -OCH3 is 1. The molecule has 1 amide bonds. The molecule has 138 valence electrons. The van der Waals surface area contributed by atoms with Crippen molar-refractivity contribution in [1.82, 2.24) is 0 Å². The van der Waals surface area contributed by atoms with Gasteiger partial charge in [0, 0.05) is 13.0 Å². The topological polar surface area (TPSA) is 75.7 Å². The van der Waals surface area contributed by atoms with Crippen LogP contribution in [0.1, 0.15) is 24.0 Å². The van der Waals surface area contributed by atoms with Crippen molar-refractivity contribution in [3.05, 3.63) is 53.6 Å². The summed E-state index contributed by atoms with van der Waals surface area (Å²) in [5.74, 6) is 0.448. The molecule has 0 atom stereocenters. The number of sulfonamides is 1. The quantitative estimate of drug-likeness (QED) is 0.843. The van der Waals surface area contributed by atoms with Crippen LogP contribution in [0.5, 0.6) is 5.75 Å². The van der Waals surface area contributed by atoms with E-state index in [1.54, 1.807) is 29.2 Å². The molecule has 0 bridgehead atoms. The van der Waals surface area contributed by atoms with Crippen molar-refractivity contribution in [2.45, 2.75) is 25.5 Å². The maximum absolute atomic E-state index is 12.5. The minimum atomic E-state index is -3.57. The molecule has 1 heterocycles. The summed E-state index contributed by atoms with van der Waals surface area (Å²) in [5.41, 5.74) is 2.73. The molecule has 1 N–H and O–H groups in total. The van der Waals surface area contributed by atoms with Gasteiger partial charge in [0.15, 0.2) is 0 Å². The highest BCUT2D eigenvalue weighted by atomic mass is 32.2. The first-order chi connectivity index (χ1) is 12.4. The zero-order valence-electron chi connectivity index (χ0n) is 14.9. The van der Waals surface area contributed by atoms with E-state index in [9.17, 15) is 13.2 Å². The normalized spacial score (nSPS) is 14.5. The van der Waals surface area contributed by atoms with Gasteiger partial charge >= 0.3 is 0 Å². The molecule has 0 aliphatic carbocycles. The molecule has 2 aromatic rings. The van der Waals surface area contributed by atoms with Crippen LogP contribution in [0.25, 0.3) is 0 Å². The third kappa shape index (κ3) is 4.16. The Balaban J connectivity index is 1.84. The van der Waals surface area contributed by atoms with Crippen molar-refractivity contribution in [3.63, 3.8) is 0 Å². The summed E-state index contributed by atoms with van der Waals surface area (Å²) in [6, 6.07) is 12.4. The van der Waals surface area contributed by atoms with Gasteiger partial charge in [-0.05, 0) is 37.1 Å². The van der Waals surface area contributed by atoms with Crippen LogP contribution < -0.4 is 14.4 Å². The van der Waals surface area contributed by atoms with Crippen molar-refractivity contribution in [1.29, 1.82) is 0 Å². The van der Waals surface area contributed by atoms with Gasteiger partial charge in [0.1, 0.15) is 5.75 Å². The van der Waals surface area contributed by atoms with Gasteiger partial charge in [-0.15, -0.1) is 0 Å². The van der Waals surface area contributed by atoms with Crippen LogP contribution in [0.3, 0.4) is 0 Å². The van der Waals surface area contributed by atoms with Crippen LogP contribution >= 0.6 is 0 Å². The fourth-order valence-electron chi connectivity index (χ4n) is 3.10. The highest BCUT2D eigenvalue weighted by Gasteiger charge is 2.25. The Kier molecular flexibility index (Phi) is 5.18. The van der Waals surface area contributed by atoms with E-state index < -0.39 is 10.0 Å². The summed E-state index contributed by atoms with van der Waals surface area (Å²) in [7, 11) is -2.04. The molecule has 0 radical (unpaired) electrons. The molecule has 0 unspecified atom stereocenters. The Hall–Kier alpha value is -2.54. The number of rotatable bonds is 6. The molecule has 26 heavy (non-hydrogen) atoms. The molecule has 1 saturated heterocycles. The minimum absolute atomic E-state index is 0.0167. The molecular formula is C19H22N2O4S. The molecule has 0 saturated carbocycles. The molecule has 1 fully saturated rings. The highest BCUT2D eigenvalue weighted by Crippen LogP contribution is 2.34. The Morgan fingerprint density at radius 1 is 1.19 bits per heavy atom. The second kappa shape index (κ2) is 7.37. The van der Waals surface area contributed by atoms with Crippen molar-refractivity contribution < 1.29 is 17.9 Å². The van der Waals surface area contributed by atoms with Crippen LogP contribution in [0, 0.1) is 6.92 Å². The Bertz CT molecular complexity index is 925. The van der Waals surface area contributed by atoms with Gasteiger partial charge in [0.2, 0.25) is 15.9 Å². The molecule has 3 rings (SSSR count). The number of hydrogen-bond acceptors (Lipinski definition) is 4. The van der Waals surface area contributed by atoms with E-state index in [2.05, 4.69) is 4.72 Å². The maximum Gasteiger partial charge on any atom is 0.236 e. The average Bonchev–Trinajstić information content (AvgIpc) is 3.00. The predicted octanol–water partition coefficient (Wildman–Crippen LogP) is 3.07. The van der Waals surface area contributed by atoms with Gasteiger partial charge in [-0.2, -0.15) is 0 Å². The second-order valence-corrected chi connectivity index (χ2v) is 8.11. The number of nitrogens with zero attached hydrogens (tertiary/aromatic N) is 1. The molecule has 1 aliphatic rings. The van der Waals surface area contributed by atoms with Crippen LogP contribution in [0.15, 0.2) is 42.5 Å². The van der Waals surface area contributed by atoms with E-state index in [0.29, 0.717) is 30.1 Å². The highest BCUT2D eigenvalue weighted by molar-refractivity contribution is 7.91. The molecule has 0 aromatic heterocycles. The van der Waals surface area contributed by atoms with Crippen molar-refractivity contribution >= 4 is 27.3 Å². The first kappa shape index (κ1) is 18.3. The van der Waals surface area contributed by atoms with Crippen molar-refractivity contribution in [2.24, 2.45) is 0 Å². The number of carbonyl (C=O) groups is 1. The Morgan fingerprint density at radius 3 is 2.65 bits per heavy atom. The number of anilines is 2. The first-order valence-corrected chi connectivity index (χ1v) is 10.1. The van der Waals surface area contributed by atoms with Crippen LogP contribution in [-0.2, 0) is 20.6 Å². The largest absolute Gasteiger partial charge is 0.495 e. The van der Waals surface area contributed by atoms with E-state index >= 15 is 0 Å². The SMILES string of the molecule is COc1ccc(NS(=O)(=O)Cc2cccc(C)c2)cc1N1CCCC1=O. The number of ether oxygens (including phenoxy) is 1. The van der Waals surface area contributed by atoms with Gasteiger partial charge in [-0.3, -0.25) is 9.52 Å². The number of carbonyl (C=O) groups excluding carboxylic acids is 1. The molecule has 6 nitrogen and oxygen atoms in total. The lowest BCUT2D eigenvalue weighted by atomic mass is 10.2. The number of amides is 1. The fraction of sp³-hybridized carbons (Fsp3) is 0.316. The van der Waals surface area contributed by atoms with Gasteiger partial charge in [-0.25, -0.2) is 8.42 Å². The monoisotopic (exact) mass is 374 g/mol. The van der Waals surface area contributed by atoms with E-state index in [-0.39, 0.29) is 11.7 Å². The summed E-state index contributed by atoms with van der Waals surface area (Å²) >= 11 is 0. The standard InChI is InChI=1S/C19H22N2O4S/c1-14-5-3-6-15(11-14)13-26(23,24)20-16-8-9-18(25-2)17(12-16)21-10-4-7-19(21)22/h3,5-6,8-9,11-12,20H,4,7,10,13H2,1-2H3. The summed E-state index contributed by atoms with van der Waals surface area (Å²) in [6.45, 7) is 2.53. The first-order valence-electron chi connectivity index (χ1n) is 8.42. The zero-order chi connectivity index (χ0) is 18.7. The average molecular weight is 374 g/mol. The molecule has 2 aromatic carbocycles. The van der Waals surface area contributed by atoms with Crippen molar-refractivity contribution in [2.75, 3.05) is 23.3 Å². The number of nitrogens with one attached hydrogen (secondary N) is 1. The molecule has 7 heteroatoms.